The van der Waals surface area contributed by atoms with Gasteiger partial charge in [-0.25, -0.2) is 9.78 Å². The number of aliphatic carboxylic acids is 1. The van der Waals surface area contributed by atoms with Crippen molar-refractivity contribution >= 4 is 28.1 Å². The third kappa shape index (κ3) is 5.46. The number of nitrogens with zero attached hydrogens (tertiary/aromatic N) is 1. The van der Waals surface area contributed by atoms with Crippen LogP contribution in [0.4, 0.5) is 0 Å². The van der Waals surface area contributed by atoms with Gasteiger partial charge in [0.15, 0.2) is 6.10 Å². The molecule has 0 radical (unpaired) electrons. The number of hydrogen-bond donors (Lipinski definition) is 1. The van der Waals surface area contributed by atoms with E-state index in [4.69, 9.17) is 14.5 Å². The van der Waals surface area contributed by atoms with Crippen LogP contribution in [-0.2, 0) is 22.4 Å². The fourth-order valence-electron chi connectivity index (χ4n) is 3.99. The van der Waals surface area contributed by atoms with E-state index in [1.807, 2.05) is 36.4 Å². The summed E-state index contributed by atoms with van der Waals surface area (Å²) in [5, 5.41) is 12.5. The Morgan fingerprint density at radius 1 is 1.03 bits per heavy atom. The zero-order chi connectivity index (χ0) is 24.1. The Balaban J connectivity index is 1.48. The Bertz CT molecular complexity index is 1280. The first-order chi connectivity index (χ1) is 16.5. The molecular formula is C28H29NO4S. The van der Waals surface area contributed by atoms with Crippen LogP contribution in [-0.4, -0.2) is 35.4 Å². The topological polar surface area (TPSA) is 68.7 Å². The number of aromatic nitrogens is 1. The van der Waals surface area contributed by atoms with E-state index in [2.05, 4.69) is 38.1 Å². The van der Waals surface area contributed by atoms with Crippen molar-refractivity contribution in [1.29, 1.82) is 0 Å². The number of aryl methyl sites for hydroxylation is 2. The average molecular weight is 476 g/mol. The van der Waals surface area contributed by atoms with E-state index in [1.54, 1.807) is 18.3 Å². The Kier molecular flexibility index (Phi) is 7.60. The van der Waals surface area contributed by atoms with Gasteiger partial charge in [-0.15, -0.1) is 11.3 Å². The van der Waals surface area contributed by atoms with E-state index >= 15 is 0 Å². The molecule has 4 rings (SSSR count). The minimum atomic E-state index is -0.949. The largest absolute Gasteiger partial charge is 0.493 e. The van der Waals surface area contributed by atoms with Crippen LogP contribution in [0.3, 0.4) is 0 Å². The van der Waals surface area contributed by atoms with Crippen LogP contribution >= 0.6 is 11.3 Å². The molecule has 5 nitrogen and oxygen atoms in total. The first-order valence-electron chi connectivity index (χ1n) is 11.5. The van der Waals surface area contributed by atoms with E-state index in [-0.39, 0.29) is 0 Å². The average Bonchev–Trinajstić information content (AvgIpc) is 3.20. The van der Waals surface area contributed by atoms with Gasteiger partial charge in [-0.1, -0.05) is 60.2 Å². The maximum Gasteiger partial charge on any atom is 0.333 e. The number of benzene rings is 3. The van der Waals surface area contributed by atoms with Gasteiger partial charge in [-0.2, -0.15) is 0 Å². The third-order valence-corrected chi connectivity index (χ3v) is 6.87. The molecule has 4 aromatic rings. The molecule has 0 aliphatic carbocycles. The van der Waals surface area contributed by atoms with Gasteiger partial charge >= 0.3 is 5.97 Å². The molecule has 34 heavy (non-hydrogen) atoms. The molecule has 1 atom stereocenters. The summed E-state index contributed by atoms with van der Waals surface area (Å²) in [7, 11) is 0. The van der Waals surface area contributed by atoms with Crippen molar-refractivity contribution < 1.29 is 19.4 Å². The SMILES string of the molecule is CCOC(Cc1ccc(OCCc2nc(-c3ccc(C)cc3)sc2C)c2ccccc12)C(=O)O. The zero-order valence-corrected chi connectivity index (χ0v) is 20.5. The predicted octanol–water partition coefficient (Wildman–Crippen LogP) is 6.23. The normalized spacial score (nSPS) is 12.1. The summed E-state index contributed by atoms with van der Waals surface area (Å²) in [6.45, 7) is 6.86. The second-order valence-corrected chi connectivity index (χ2v) is 9.44. The molecule has 0 saturated carbocycles. The van der Waals surface area contributed by atoms with Crippen LogP contribution in [0.15, 0.2) is 60.7 Å². The van der Waals surface area contributed by atoms with Crippen LogP contribution < -0.4 is 4.74 Å². The lowest BCUT2D eigenvalue weighted by molar-refractivity contribution is -0.149. The van der Waals surface area contributed by atoms with E-state index in [9.17, 15) is 9.90 Å². The lowest BCUT2D eigenvalue weighted by Crippen LogP contribution is -2.26. The highest BCUT2D eigenvalue weighted by Crippen LogP contribution is 2.31. The van der Waals surface area contributed by atoms with Crippen molar-refractivity contribution in [3.05, 3.63) is 82.4 Å². The first kappa shape index (κ1) is 23.9. The number of carbonyl (C=O) groups is 1. The summed E-state index contributed by atoms with van der Waals surface area (Å²) < 4.78 is 11.6. The standard InChI is InChI=1S/C28H29NO4S/c1-4-32-26(28(30)31)17-21-13-14-25(23-8-6-5-7-22(21)23)33-16-15-24-19(3)34-27(29-24)20-11-9-18(2)10-12-20/h5-14,26H,4,15-17H2,1-3H3,(H,30,31). The number of carboxylic acids is 1. The molecule has 0 aliphatic heterocycles. The molecular weight excluding hydrogens is 446 g/mol. The molecule has 0 saturated heterocycles. The molecule has 0 aliphatic rings. The van der Waals surface area contributed by atoms with Crippen LogP contribution in [0.1, 0.15) is 28.6 Å². The van der Waals surface area contributed by atoms with Gasteiger partial charge < -0.3 is 14.6 Å². The number of fused-ring (bicyclic) bond motifs is 1. The molecule has 176 valence electrons. The molecule has 1 aromatic heterocycles. The van der Waals surface area contributed by atoms with E-state index in [0.29, 0.717) is 19.6 Å². The Labute approximate surface area is 204 Å². The maximum atomic E-state index is 11.6. The second kappa shape index (κ2) is 10.8. The predicted molar refractivity (Wildman–Crippen MR) is 137 cm³/mol. The van der Waals surface area contributed by atoms with Gasteiger partial charge in [0, 0.05) is 35.3 Å². The van der Waals surface area contributed by atoms with Gasteiger partial charge in [0.05, 0.1) is 12.3 Å². The summed E-state index contributed by atoms with van der Waals surface area (Å²) >= 11 is 1.71. The second-order valence-electron chi connectivity index (χ2n) is 8.24. The van der Waals surface area contributed by atoms with E-state index < -0.39 is 12.1 Å². The molecule has 0 amide bonds. The molecule has 1 unspecified atom stereocenters. The van der Waals surface area contributed by atoms with Crippen molar-refractivity contribution in [3.63, 3.8) is 0 Å². The van der Waals surface area contributed by atoms with Crippen molar-refractivity contribution in [1.82, 2.24) is 4.98 Å². The third-order valence-electron chi connectivity index (χ3n) is 5.81. The van der Waals surface area contributed by atoms with Gasteiger partial charge in [-0.05, 0) is 37.8 Å². The Hall–Kier alpha value is -3.22. The molecule has 0 bridgehead atoms. The highest BCUT2D eigenvalue weighted by molar-refractivity contribution is 7.15. The fraction of sp³-hybridized carbons (Fsp3) is 0.286. The van der Waals surface area contributed by atoms with Gasteiger partial charge in [0.25, 0.3) is 0 Å². The molecule has 0 spiro atoms. The molecule has 3 aromatic carbocycles. The van der Waals surface area contributed by atoms with Crippen LogP contribution in [0.2, 0.25) is 0 Å². The molecule has 1 N–H and O–H groups in total. The van der Waals surface area contributed by atoms with E-state index in [0.717, 1.165) is 44.8 Å². The smallest absolute Gasteiger partial charge is 0.333 e. The number of carboxylic acid groups (broad SMARTS) is 1. The van der Waals surface area contributed by atoms with Crippen LogP contribution in [0, 0.1) is 13.8 Å². The number of thiazole rings is 1. The minimum absolute atomic E-state index is 0.309. The Morgan fingerprint density at radius 2 is 1.76 bits per heavy atom. The molecule has 6 heteroatoms. The first-order valence-corrected chi connectivity index (χ1v) is 12.3. The number of ether oxygens (including phenoxy) is 2. The summed E-state index contributed by atoms with van der Waals surface area (Å²) in [5.41, 5.74) is 4.36. The summed E-state index contributed by atoms with van der Waals surface area (Å²) in [5.74, 6) is -0.163. The highest BCUT2D eigenvalue weighted by atomic mass is 32.1. The lowest BCUT2D eigenvalue weighted by atomic mass is 9.99. The number of rotatable bonds is 10. The minimum Gasteiger partial charge on any atom is -0.493 e. The Morgan fingerprint density at radius 3 is 2.47 bits per heavy atom. The molecule has 0 fully saturated rings. The van der Waals surface area contributed by atoms with Crippen molar-refractivity contribution in [2.24, 2.45) is 0 Å². The van der Waals surface area contributed by atoms with Gasteiger partial charge in [0.2, 0.25) is 0 Å². The van der Waals surface area contributed by atoms with Crippen molar-refractivity contribution in [2.75, 3.05) is 13.2 Å². The van der Waals surface area contributed by atoms with Crippen LogP contribution in [0.5, 0.6) is 5.75 Å². The maximum absolute atomic E-state index is 11.6. The zero-order valence-electron chi connectivity index (χ0n) is 19.7. The fourth-order valence-corrected chi connectivity index (χ4v) is 4.96. The highest BCUT2D eigenvalue weighted by Gasteiger charge is 2.20. The number of hydrogen-bond acceptors (Lipinski definition) is 5. The summed E-state index contributed by atoms with van der Waals surface area (Å²) in [6, 6.07) is 20.2. The van der Waals surface area contributed by atoms with Crippen molar-refractivity contribution in [3.8, 4) is 16.3 Å². The summed E-state index contributed by atoms with van der Waals surface area (Å²) in [4.78, 5) is 17.6. The van der Waals surface area contributed by atoms with E-state index in [1.165, 1.54) is 10.4 Å². The summed E-state index contributed by atoms with van der Waals surface area (Å²) in [6.07, 6.45) is 0.162. The lowest BCUT2D eigenvalue weighted by Gasteiger charge is -2.16. The van der Waals surface area contributed by atoms with Gasteiger partial charge in [-0.3, -0.25) is 0 Å². The van der Waals surface area contributed by atoms with Crippen molar-refractivity contribution in [2.45, 2.75) is 39.7 Å². The molecule has 1 heterocycles. The van der Waals surface area contributed by atoms with Crippen LogP contribution in [0.25, 0.3) is 21.3 Å². The van der Waals surface area contributed by atoms with Gasteiger partial charge in [0.1, 0.15) is 10.8 Å². The quantitative estimate of drug-likeness (QED) is 0.294. The monoisotopic (exact) mass is 475 g/mol.